The van der Waals surface area contributed by atoms with E-state index in [1.807, 2.05) is 13.0 Å². The van der Waals surface area contributed by atoms with Gasteiger partial charge in [-0.25, -0.2) is 0 Å². The Hall–Kier alpha value is -2.39. The molecule has 1 amide bonds. The van der Waals surface area contributed by atoms with Crippen molar-refractivity contribution in [3.63, 3.8) is 0 Å². The van der Waals surface area contributed by atoms with Crippen LogP contribution < -0.4 is 5.32 Å². The first-order valence-electron chi connectivity index (χ1n) is 10.7. The number of hydrogen-bond acceptors (Lipinski definition) is 2. The summed E-state index contributed by atoms with van der Waals surface area (Å²) in [5.41, 5.74) is 2.25. The zero-order valence-corrected chi connectivity index (χ0v) is 18.1. The van der Waals surface area contributed by atoms with E-state index < -0.39 is 0 Å². The molecular formula is C26H35NO2. The fraction of sp³-hybridized carbons (Fsp3) is 0.423. The summed E-state index contributed by atoms with van der Waals surface area (Å²) in [5.74, 6) is 0.461. The lowest BCUT2D eigenvalue weighted by Gasteiger charge is -2.07. The average Bonchev–Trinajstić information content (AvgIpc) is 2.71. The summed E-state index contributed by atoms with van der Waals surface area (Å²) < 4.78 is 5.88. The van der Waals surface area contributed by atoms with Crippen LogP contribution in [0.3, 0.4) is 0 Å². The minimum absolute atomic E-state index is 0.0100. The van der Waals surface area contributed by atoms with E-state index in [0.29, 0.717) is 12.5 Å². The summed E-state index contributed by atoms with van der Waals surface area (Å²) in [5, 5.41) is 5.45. The molecule has 3 heteroatoms. The third kappa shape index (κ3) is 9.10. The molecule has 0 fully saturated rings. The largest absolute Gasteiger partial charge is 0.377 e. The molecule has 0 bridgehead atoms. The van der Waals surface area contributed by atoms with Crippen molar-refractivity contribution in [1.82, 2.24) is 5.32 Å². The predicted octanol–water partition coefficient (Wildman–Crippen LogP) is 6.19. The fourth-order valence-corrected chi connectivity index (χ4v) is 3.12. The maximum absolute atomic E-state index is 11.7. The van der Waals surface area contributed by atoms with Gasteiger partial charge in [0.15, 0.2) is 0 Å². The van der Waals surface area contributed by atoms with Crippen LogP contribution in [-0.2, 0) is 16.1 Å². The van der Waals surface area contributed by atoms with E-state index in [1.54, 1.807) is 6.08 Å². The van der Waals surface area contributed by atoms with Gasteiger partial charge in [0.05, 0.1) is 6.61 Å². The lowest BCUT2D eigenvalue weighted by atomic mass is 10.1. The zero-order chi connectivity index (χ0) is 20.9. The highest BCUT2D eigenvalue weighted by molar-refractivity contribution is 5.88. The number of ether oxygens (including phenoxy) is 1. The lowest BCUT2D eigenvalue weighted by Crippen LogP contribution is -2.25. The minimum Gasteiger partial charge on any atom is -0.377 e. The Balaban J connectivity index is 1.57. The van der Waals surface area contributed by atoms with Crippen LogP contribution in [0, 0.1) is 5.92 Å². The number of carbonyl (C=O) groups excluding carboxylic acids is 1. The summed E-state index contributed by atoms with van der Waals surface area (Å²) in [7, 11) is 0. The van der Waals surface area contributed by atoms with Gasteiger partial charge in [0.1, 0.15) is 0 Å². The van der Waals surface area contributed by atoms with E-state index in [4.69, 9.17) is 4.74 Å². The normalized spacial score (nSPS) is 12.2. The highest BCUT2D eigenvalue weighted by Crippen LogP contribution is 2.19. The molecule has 0 radical (unpaired) electrons. The van der Waals surface area contributed by atoms with Crippen LogP contribution >= 0.6 is 0 Å². The maximum Gasteiger partial charge on any atom is 0.244 e. The molecule has 0 aliphatic carbocycles. The van der Waals surface area contributed by atoms with Crippen LogP contribution in [-0.4, -0.2) is 19.1 Å². The number of hydrogen-bond donors (Lipinski definition) is 1. The molecular weight excluding hydrogens is 358 g/mol. The Kier molecular flexibility index (Phi) is 10.2. The van der Waals surface area contributed by atoms with E-state index in [9.17, 15) is 4.79 Å². The first-order chi connectivity index (χ1) is 14.1. The molecule has 0 unspecified atom stereocenters. The molecule has 29 heavy (non-hydrogen) atoms. The van der Waals surface area contributed by atoms with E-state index in [-0.39, 0.29) is 5.91 Å². The smallest absolute Gasteiger partial charge is 0.244 e. The van der Waals surface area contributed by atoms with Crippen molar-refractivity contribution >= 4 is 16.7 Å². The number of nitrogens with one attached hydrogen (secondary N) is 1. The van der Waals surface area contributed by atoms with E-state index >= 15 is 0 Å². The number of carbonyl (C=O) groups is 1. The molecule has 0 aliphatic heterocycles. The van der Waals surface area contributed by atoms with Gasteiger partial charge in [-0.05, 0) is 54.0 Å². The average molecular weight is 394 g/mol. The van der Waals surface area contributed by atoms with Crippen molar-refractivity contribution in [1.29, 1.82) is 0 Å². The number of fused-ring (bicyclic) bond motifs is 1. The van der Waals surface area contributed by atoms with Gasteiger partial charge in [-0.3, -0.25) is 4.79 Å². The summed E-state index contributed by atoms with van der Waals surface area (Å²) in [4.78, 5) is 11.7. The van der Waals surface area contributed by atoms with Gasteiger partial charge in [-0.15, -0.1) is 0 Å². The van der Waals surface area contributed by atoms with E-state index in [1.165, 1.54) is 16.3 Å². The van der Waals surface area contributed by atoms with Crippen LogP contribution in [0.4, 0.5) is 0 Å². The molecule has 1 N–H and O–H groups in total. The maximum atomic E-state index is 11.7. The third-order valence-electron chi connectivity index (χ3n) is 4.72. The van der Waals surface area contributed by atoms with Gasteiger partial charge in [0.25, 0.3) is 0 Å². The Morgan fingerprint density at radius 3 is 2.69 bits per heavy atom. The zero-order valence-electron chi connectivity index (χ0n) is 18.1. The molecule has 0 atom stereocenters. The quantitative estimate of drug-likeness (QED) is 0.265. The number of amides is 1. The highest BCUT2D eigenvalue weighted by atomic mass is 16.5. The van der Waals surface area contributed by atoms with Crippen molar-refractivity contribution < 1.29 is 9.53 Å². The number of rotatable bonds is 12. The Labute approximate surface area is 175 Å². The molecule has 2 aromatic rings. The first kappa shape index (κ1) is 22.9. The van der Waals surface area contributed by atoms with Crippen molar-refractivity contribution in [2.75, 3.05) is 13.2 Å². The molecule has 3 nitrogen and oxygen atoms in total. The Morgan fingerprint density at radius 1 is 1.07 bits per heavy atom. The predicted molar refractivity (Wildman–Crippen MR) is 123 cm³/mol. The van der Waals surface area contributed by atoms with Crippen molar-refractivity contribution in [3.05, 3.63) is 71.8 Å². The van der Waals surface area contributed by atoms with Crippen molar-refractivity contribution in [2.45, 2.75) is 53.1 Å². The molecule has 0 saturated heterocycles. The number of allylic oxidation sites excluding steroid dienone is 3. The second-order valence-electron chi connectivity index (χ2n) is 7.97. The van der Waals surface area contributed by atoms with Gasteiger partial charge in [-0.2, -0.15) is 0 Å². The summed E-state index contributed by atoms with van der Waals surface area (Å²) in [6, 6.07) is 14.8. The minimum atomic E-state index is -0.0100. The molecule has 2 aromatic carbocycles. The molecule has 0 saturated carbocycles. The summed E-state index contributed by atoms with van der Waals surface area (Å²) in [6.07, 6.45) is 10.2. The first-order valence-corrected chi connectivity index (χ1v) is 10.7. The van der Waals surface area contributed by atoms with Crippen LogP contribution in [0.5, 0.6) is 0 Å². The van der Waals surface area contributed by atoms with Gasteiger partial charge in [0.2, 0.25) is 5.91 Å². The Bertz CT molecular complexity index is 815. The fourth-order valence-electron chi connectivity index (χ4n) is 3.12. The van der Waals surface area contributed by atoms with Crippen molar-refractivity contribution in [3.8, 4) is 0 Å². The molecule has 0 aromatic heterocycles. The van der Waals surface area contributed by atoms with Crippen LogP contribution in [0.15, 0.2) is 66.3 Å². The molecule has 156 valence electrons. The second kappa shape index (κ2) is 12.9. The molecule has 0 heterocycles. The van der Waals surface area contributed by atoms with Gasteiger partial charge >= 0.3 is 0 Å². The van der Waals surface area contributed by atoms with Crippen molar-refractivity contribution in [2.24, 2.45) is 5.92 Å². The lowest BCUT2D eigenvalue weighted by molar-refractivity contribution is -0.116. The Morgan fingerprint density at radius 2 is 1.86 bits per heavy atom. The number of benzene rings is 2. The van der Waals surface area contributed by atoms with Gasteiger partial charge in [0, 0.05) is 19.2 Å². The van der Waals surface area contributed by atoms with E-state index in [0.717, 1.165) is 44.4 Å². The summed E-state index contributed by atoms with van der Waals surface area (Å²) >= 11 is 0. The monoisotopic (exact) mass is 393 g/mol. The second-order valence-corrected chi connectivity index (χ2v) is 7.97. The molecule has 0 spiro atoms. The van der Waals surface area contributed by atoms with E-state index in [2.05, 4.69) is 67.7 Å². The topological polar surface area (TPSA) is 38.3 Å². The molecule has 2 rings (SSSR count). The van der Waals surface area contributed by atoms with Crippen LogP contribution in [0.2, 0.25) is 0 Å². The SMILES string of the molecule is CC(C=CCCCCCOCc1cccc2ccccc12)=CC(=O)NCC(C)C. The summed E-state index contributed by atoms with van der Waals surface area (Å²) in [6.45, 7) is 8.32. The highest BCUT2D eigenvalue weighted by Gasteiger charge is 2.00. The number of unbranched alkanes of at least 4 members (excludes halogenated alkanes) is 3. The van der Waals surface area contributed by atoms with Gasteiger partial charge < -0.3 is 10.1 Å². The van der Waals surface area contributed by atoms with Gasteiger partial charge in [-0.1, -0.05) is 74.9 Å². The standard InChI is InChI=1S/C26H35NO2/c1-21(2)19-27-26(28)18-22(3)12-7-5-4-6-10-17-29-20-24-15-11-14-23-13-8-9-16-25(23)24/h7-9,11-16,18,21H,4-6,10,17,19-20H2,1-3H3,(H,27,28). The third-order valence-corrected chi connectivity index (χ3v) is 4.72. The van der Waals surface area contributed by atoms with Crippen LogP contribution in [0.25, 0.3) is 10.8 Å². The van der Waals surface area contributed by atoms with Crippen LogP contribution in [0.1, 0.15) is 52.0 Å². The molecule has 0 aliphatic rings.